The molecule has 2 heterocycles. The third-order valence-electron chi connectivity index (χ3n) is 3.98. The van der Waals surface area contributed by atoms with Crippen molar-refractivity contribution in [2.24, 2.45) is 0 Å². The Morgan fingerprint density at radius 3 is 2.90 bits per heavy atom. The van der Waals surface area contributed by atoms with Crippen molar-refractivity contribution in [3.63, 3.8) is 0 Å². The number of benzene rings is 1. The summed E-state index contributed by atoms with van der Waals surface area (Å²) in [6.07, 6.45) is 3.48. The van der Waals surface area contributed by atoms with Crippen LogP contribution in [0.5, 0.6) is 0 Å². The van der Waals surface area contributed by atoms with Crippen LogP contribution in [-0.2, 0) is 4.74 Å². The number of nitrogens with zero attached hydrogens (tertiary/aromatic N) is 3. The number of nitrogens with two attached hydrogens (primary N) is 1. The van der Waals surface area contributed by atoms with Crippen LogP contribution in [-0.4, -0.2) is 40.2 Å². The number of hydrogen-bond acceptors (Lipinski definition) is 4. The maximum atomic E-state index is 11.7. The van der Waals surface area contributed by atoms with Gasteiger partial charge in [-0.3, -0.25) is 0 Å². The lowest BCUT2D eigenvalue weighted by Crippen LogP contribution is -2.39. The van der Waals surface area contributed by atoms with Gasteiger partial charge in [0.05, 0.1) is 24.0 Å². The van der Waals surface area contributed by atoms with Crippen LogP contribution in [0.2, 0.25) is 0 Å². The Bertz CT molecular complexity index is 644. The van der Waals surface area contributed by atoms with Gasteiger partial charge in [-0.15, -0.1) is 0 Å². The molecule has 0 radical (unpaired) electrons. The summed E-state index contributed by atoms with van der Waals surface area (Å²) in [5.41, 5.74) is 8.53. The van der Waals surface area contributed by atoms with Crippen LogP contribution in [0.15, 0.2) is 24.5 Å². The summed E-state index contributed by atoms with van der Waals surface area (Å²) < 4.78 is 7.24. The lowest BCUT2D eigenvalue weighted by atomic mass is 10.0. The molecule has 2 aromatic rings. The van der Waals surface area contributed by atoms with Crippen LogP contribution < -0.4 is 5.73 Å². The number of imidazole rings is 1. The summed E-state index contributed by atoms with van der Waals surface area (Å²) in [6, 6.07) is 6.16. The van der Waals surface area contributed by atoms with Crippen molar-refractivity contribution in [3.05, 3.63) is 24.5 Å². The van der Waals surface area contributed by atoms with Gasteiger partial charge in [0.15, 0.2) is 0 Å². The van der Waals surface area contributed by atoms with Crippen molar-refractivity contribution < 1.29 is 9.53 Å². The van der Waals surface area contributed by atoms with Crippen molar-refractivity contribution in [2.45, 2.75) is 25.8 Å². The van der Waals surface area contributed by atoms with E-state index in [9.17, 15) is 4.79 Å². The minimum atomic E-state index is -0.209. The van der Waals surface area contributed by atoms with Gasteiger partial charge in [-0.25, -0.2) is 9.78 Å². The molecule has 6 nitrogen and oxygen atoms in total. The average Bonchev–Trinajstić information content (AvgIpc) is 2.90. The number of amides is 1. The van der Waals surface area contributed by atoms with E-state index in [4.69, 9.17) is 10.5 Å². The number of nitrogen functional groups attached to an aromatic ring is 1. The van der Waals surface area contributed by atoms with Gasteiger partial charge in [0.2, 0.25) is 0 Å². The normalized spacial score (nSPS) is 16.3. The topological polar surface area (TPSA) is 73.4 Å². The first-order chi connectivity index (χ1) is 10.2. The smallest absolute Gasteiger partial charge is 0.409 e. The number of aromatic nitrogens is 2. The van der Waals surface area contributed by atoms with E-state index in [0.29, 0.717) is 12.6 Å². The Morgan fingerprint density at radius 1 is 1.43 bits per heavy atom. The Hall–Kier alpha value is -2.24. The second-order valence-electron chi connectivity index (χ2n) is 5.32. The van der Waals surface area contributed by atoms with E-state index in [1.165, 1.54) is 0 Å². The van der Waals surface area contributed by atoms with E-state index in [1.54, 1.807) is 4.90 Å². The number of rotatable bonds is 2. The zero-order valence-electron chi connectivity index (χ0n) is 12.2. The molecule has 112 valence electrons. The van der Waals surface area contributed by atoms with E-state index in [-0.39, 0.29) is 6.09 Å². The molecule has 6 heteroatoms. The van der Waals surface area contributed by atoms with Crippen LogP contribution >= 0.6 is 0 Å². The zero-order valence-corrected chi connectivity index (χ0v) is 12.2. The van der Waals surface area contributed by atoms with Gasteiger partial charge in [-0.1, -0.05) is 0 Å². The van der Waals surface area contributed by atoms with E-state index in [2.05, 4.69) is 9.55 Å². The highest BCUT2D eigenvalue weighted by molar-refractivity contribution is 5.79. The molecule has 1 aliphatic heterocycles. The number of ether oxygens (including phenoxy) is 1. The second kappa shape index (κ2) is 5.63. The number of carbonyl (C=O) groups excluding carboxylic acids is 1. The molecular formula is C15H20N4O2. The number of anilines is 1. The standard InChI is InChI=1S/C15H20N4O2/c1-2-21-15(20)18-7-5-12(6-8-18)19-10-17-13-9-11(16)3-4-14(13)19/h3-4,9-10,12H,2,5-8,16H2,1H3. The lowest BCUT2D eigenvalue weighted by molar-refractivity contribution is 0.0930. The fourth-order valence-electron chi connectivity index (χ4n) is 2.88. The van der Waals surface area contributed by atoms with Crippen molar-refractivity contribution in [3.8, 4) is 0 Å². The third kappa shape index (κ3) is 2.66. The SMILES string of the molecule is CCOC(=O)N1CCC(n2cnc3cc(N)ccc32)CC1. The summed E-state index contributed by atoms with van der Waals surface area (Å²) in [4.78, 5) is 17.9. The van der Waals surface area contributed by atoms with Crippen LogP contribution in [0.3, 0.4) is 0 Å². The van der Waals surface area contributed by atoms with Gasteiger partial charge < -0.3 is 19.9 Å². The minimum absolute atomic E-state index is 0.209. The first-order valence-corrected chi connectivity index (χ1v) is 7.33. The molecule has 3 rings (SSSR count). The van der Waals surface area contributed by atoms with Gasteiger partial charge >= 0.3 is 6.09 Å². The quantitative estimate of drug-likeness (QED) is 0.861. The van der Waals surface area contributed by atoms with Crippen LogP contribution in [0.4, 0.5) is 10.5 Å². The molecule has 1 saturated heterocycles. The maximum absolute atomic E-state index is 11.7. The molecule has 0 bridgehead atoms. The van der Waals surface area contributed by atoms with Gasteiger partial charge in [0, 0.05) is 24.8 Å². The minimum Gasteiger partial charge on any atom is -0.450 e. The number of carbonyl (C=O) groups is 1. The van der Waals surface area contributed by atoms with Crippen LogP contribution in [0.25, 0.3) is 11.0 Å². The Balaban J connectivity index is 1.72. The van der Waals surface area contributed by atoms with Gasteiger partial charge in [0.25, 0.3) is 0 Å². The van der Waals surface area contributed by atoms with E-state index < -0.39 is 0 Å². The predicted molar refractivity (Wildman–Crippen MR) is 81.0 cm³/mol. The fraction of sp³-hybridized carbons (Fsp3) is 0.467. The summed E-state index contributed by atoms with van der Waals surface area (Å²) >= 11 is 0. The molecular weight excluding hydrogens is 268 g/mol. The van der Waals surface area contributed by atoms with Crippen molar-refractivity contribution >= 4 is 22.8 Å². The highest BCUT2D eigenvalue weighted by Crippen LogP contribution is 2.27. The second-order valence-corrected chi connectivity index (χ2v) is 5.32. The molecule has 0 spiro atoms. The maximum Gasteiger partial charge on any atom is 0.409 e. The van der Waals surface area contributed by atoms with Gasteiger partial charge in [-0.05, 0) is 38.0 Å². The van der Waals surface area contributed by atoms with Gasteiger partial charge in [0.1, 0.15) is 0 Å². The first kappa shape index (κ1) is 13.7. The molecule has 1 aromatic heterocycles. The summed E-state index contributed by atoms with van der Waals surface area (Å²) in [5, 5.41) is 0. The first-order valence-electron chi connectivity index (χ1n) is 7.33. The summed E-state index contributed by atoms with van der Waals surface area (Å²) in [6.45, 7) is 3.69. The Labute approximate surface area is 123 Å². The number of piperidine rings is 1. The number of fused-ring (bicyclic) bond motifs is 1. The average molecular weight is 288 g/mol. The Kier molecular flexibility index (Phi) is 3.68. The molecule has 0 atom stereocenters. The Morgan fingerprint density at radius 2 is 2.19 bits per heavy atom. The third-order valence-corrected chi connectivity index (χ3v) is 3.98. The lowest BCUT2D eigenvalue weighted by Gasteiger charge is -2.32. The van der Waals surface area contributed by atoms with E-state index in [1.807, 2.05) is 31.5 Å². The van der Waals surface area contributed by atoms with E-state index >= 15 is 0 Å². The molecule has 1 fully saturated rings. The molecule has 0 saturated carbocycles. The molecule has 1 aromatic carbocycles. The molecule has 0 aliphatic carbocycles. The molecule has 0 unspecified atom stereocenters. The molecule has 21 heavy (non-hydrogen) atoms. The van der Waals surface area contributed by atoms with Crippen LogP contribution in [0, 0.1) is 0 Å². The summed E-state index contributed by atoms with van der Waals surface area (Å²) in [7, 11) is 0. The molecule has 2 N–H and O–H groups in total. The highest BCUT2D eigenvalue weighted by atomic mass is 16.6. The monoisotopic (exact) mass is 288 g/mol. The molecule has 1 amide bonds. The largest absolute Gasteiger partial charge is 0.450 e. The van der Waals surface area contributed by atoms with E-state index in [0.717, 1.165) is 42.7 Å². The van der Waals surface area contributed by atoms with Crippen molar-refractivity contribution in [1.82, 2.24) is 14.5 Å². The highest BCUT2D eigenvalue weighted by Gasteiger charge is 2.25. The van der Waals surface area contributed by atoms with Crippen molar-refractivity contribution in [2.75, 3.05) is 25.4 Å². The van der Waals surface area contributed by atoms with Crippen LogP contribution in [0.1, 0.15) is 25.8 Å². The predicted octanol–water partition coefficient (Wildman–Crippen LogP) is 2.41. The molecule has 1 aliphatic rings. The van der Waals surface area contributed by atoms with Crippen molar-refractivity contribution in [1.29, 1.82) is 0 Å². The number of hydrogen-bond donors (Lipinski definition) is 1. The van der Waals surface area contributed by atoms with Gasteiger partial charge in [-0.2, -0.15) is 0 Å². The summed E-state index contributed by atoms with van der Waals surface area (Å²) in [5.74, 6) is 0. The number of likely N-dealkylation sites (tertiary alicyclic amines) is 1. The fourth-order valence-corrected chi connectivity index (χ4v) is 2.88. The zero-order chi connectivity index (χ0) is 14.8.